The van der Waals surface area contributed by atoms with Gasteiger partial charge in [-0.15, -0.1) is 0 Å². The van der Waals surface area contributed by atoms with E-state index in [4.69, 9.17) is 10.5 Å². The van der Waals surface area contributed by atoms with E-state index in [9.17, 15) is 4.79 Å². The standard InChI is InChI=1S/C14H26N2O2/c1-2-11-5-3-4-6-12(11)16-13(17)14(15)7-9-18-10-8-14/h11-12H,2-10,15H2,1H3,(H,16,17). The number of rotatable bonds is 3. The van der Waals surface area contributed by atoms with Crippen LogP contribution in [0.1, 0.15) is 51.9 Å². The molecule has 2 rings (SSSR count). The Kier molecular flexibility index (Phi) is 4.62. The van der Waals surface area contributed by atoms with Gasteiger partial charge in [0.1, 0.15) is 0 Å². The van der Waals surface area contributed by atoms with Crippen molar-refractivity contribution >= 4 is 5.91 Å². The Bertz CT molecular complexity index is 288. The average molecular weight is 254 g/mol. The smallest absolute Gasteiger partial charge is 0.240 e. The van der Waals surface area contributed by atoms with Gasteiger partial charge in [-0.1, -0.05) is 26.2 Å². The number of hydrogen-bond donors (Lipinski definition) is 2. The molecule has 0 aromatic rings. The van der Waals surface area contributed by atoms with E-state index in [0.29, 0.717) is 38.0 Å². The predicted octanol–water partition coefficient (Wildman–Crippen LogP) is 1.58. The fourth-order valence-electron chi connectivity index (χ4n) is 3.16. The molecule has 3 N–H and O–H groups in total. The van der Waals surface area contributed by atoms with E-state index in [1.54, 1.807) is 0 Å². The van der Waals surface area contributed by atoms with Crippen molar-refractivity contribution in [3.63, 3.8) is 0 Å². The van der Waals surface area contributed by atoms with Crippen LogP contribution in [0.5, 0.6) is 0 Å². The van der Waals surface area contributed by atoms with Crippen molar-refractivity contribution in [3.05, 3.63) is 0 Å². The van der Waals surface area contributed by atoms with Gasteiger partial charge in [0.05, 0.1) is 5.54 Å². The van der Waals surface area contributed by atoms with Crippen LogP contribution in [0.25, 0.3) is 0 Å². The monoisotopic (exact) mass is 254 g/mol. The molecule has 0 spiro atoms. The van der Waals surface area contributed by atoms with Crippen molar-refractivity contribution in [2.45, 2.75) is 63.5 Å². The van der Waals surface area contributed by atoms with E-state index in [1.165, 1.54) is 19.3 Å². The lowest BCUT2D eigenvalue weighted by molar-refractivity contribution is -0.131. The highest BCUT2D eigenvalue weighted by Gasteiger charge is 2.38. The first kappa shape index (κ1) is 13.8. The van der Waals surface area contributed by atoms with Gasteiger partial charge in [-0.25, -0.2) is 0 Å². The third-order valence-corrected chi connectivity index (χ3v) is 4.59. The fourth-order valence-corrected chi connectivity index (χ4v) is 3.16. The molecule has 2 atom stereocenters. The van der Waals surface area contributed by atoms with Crippen LogP contribution in [-0.2, 0) is 9.53 Å². The first-order valence-electron chi connectivity index (χ1n) is 7.33. The van der Waals surface area contributed by atoms with Crippen LogP contribution >= 0.6 is 0 Å². The second kappa shape index (κ2) is 6.02. The summed E-state index contributed by atoms with van der Waals surface area (Å²) in [7, 11) is 0. The van der Waals surface area contributed by atoms with Crippen LogP contribution in [0.3, 0.4) is 0 Å². The Balaban J connectivity index is 1.92. The number of amides is 1. The molecular formula is C14H26N2O2. The second-order valence-corrected chi connectivity index (χ2v) is 5.80. The van der Waals surface area contributed by atoms with E-state index in [1.807, 2.05) is 0 Å². The molecule has 4 nitrogen and oxygen atoms in total. The minimum absolute atomic E-state index is 0.0381. The van der Waals surface area contributed by atoms with E-state index >= 15 is 0 Å². The molecule has 1 saturated heterocycles. The van der Waals surface area contributed by atoms with E-state index in [2.05, 4.69) is 12.2 Å². The summed E-state index contributed by atoms with van der Waals surface area (Å²) in [5.74, 6) is 0.669. The minimum atomic E-state index is -0.700. The highest BCUT2D eigenvalue weighted by atomic mass is 16.5. The summed E-state index contributed by atoms with van der Waals surface area (Å²) in [6.45, 7) is 3.42. The second-order valence-electron chi connectivity index (χ2n) is 5.80. The molecule has 2 aliphatic rings. The Morgan fingerprint density at radius 2 is 2.00 bits per heavy atom. The fraction of sp³-hybridized carbons (Fsp3) is 0.929. The number of carbonyl (C=O) groups excluding carboxylic acids is 1. The maximum absolute atomic E-state index is 12.4. The Labute approximate surface area is 110 Å². The largest absolute Gasteiger partial charge is 0.381 e. The van der Waals surface area contributed by atoms with Gasteiger partial charge in [0, 0.05) is 19.3 Å². The third-order valence-electron chi connectivity index (χ3n) is 4.59. The lowest BCUT2D eigenvalue weighted by Gasteiger charge is -2.37. The van der Waals surface area contributed by atoms with Gasteiger partial charge in [-0.05, 0) is 31.6 Å². The van der Waals surface area contributed by atoms with Crippen molar-refractivity contribution in [2.24, 2.45) is 11.7 Å². The zero-order chi connectivity index (χ0) is 13.0. The molecule has 4 heteroatoms. The van der Waals surface area contributed by atoms with Gasteiger partial charge in [-0.2, -0.15) is 0 Å². The highest BCUT2D eigenvalue weighted by molar-refractivity contribution is 5.86. The quantitative estimate of drug-likeness (QED) is 0.803. The number of ether oxygens (including phenoxy) is 1. The van der Waals surface area contributed by atoms with Crippen molar-refractivity contribution < 1.29 is 9.53 Å². The van der Waals surface area contributed by atoms with Crippen molar-refractivity contribution in [3.8, 4) is 0 Å². The molecule has 0 aromatic carbocycles. The lowest BCUT2D eigenvalue weighted by atomic mass is 9.81. The summed E-state index contributed by atoms with van der Waals surface area (Å²) in [5, 5.41) is 3.21. The summed E-state index contributed by atoms with van der Waals surface area (Å²) in [5.41, 5.74) is 5.51. The van der Waals surface area contributed by atoms with Crippen LogP contribution in [0, 0.1) is 5.92 Å². The molecule has 2 unspecified atom stereocenters. The molecular weight excluding hydrogens is 228 g/mol. The van der Waals surface area contributed by atoms with Gasteiger partial charge in [0.25, 0.3) is 0 Å². The number of nitrogens with one attached hydrogen (secondary N) is 1. The summed E-state index contributed by atoms with van der Waals surface area (Å²) in [6.07, 6.45) is 7.30. The van der Waals surface area contributed by atoms with Gasteiger partial charge in [0.2, 0.25) is 5.91 Å². The minimum Gasteiger partial charge on any atom is -0.381 e. The summed E-state index contributed by atoms with van der Waals surface area (Å²) in [4.78, 5) is 12.4. The summed E-state index contributed by atoms with van der Waals surface area (Å²) in [6, 6.07) is 0.333. The molecule has 0 bridgehead atoms. The van der Waals surface area contributed by atoms with Crippen molar-refractivity contribution in [2.75, 3.05) is 13.2 Å². The van der Waals surface area contributed by atoms with Crippen LogP contribution < -0.4 is 11.1 Å². The normalized spacial score (nSPS) is 31.9. The molecule has 1 aliphatic carbocycles. The SMILES string of the molecule is CCC1CCCCC1NC(=O)C1(N)CCOCC1. The molecule has 2 fully saturated rings. The topological polar surface area (TPSA) is 64.4 Å². The molecule has 0 radical (unpaired) electrons. The maximum Gasteiger partial charge on any atom is 0.240 e. The number of nitrogens with two attached hydrogens (primary N) is 1. The van der Waals surface area contributed by atoms with Gasteiger partial charge in [-0.3, -0.25) is 4.79 Å². The van der Waals surface area contributed by atoms with Crippen LogP contribution in [0.2, 0.25) is 0 Å². The molecule has 104 valence electrons. The highest BCUT2D eigenvalue weighted by Crippen LogP contribution is 2.28. The van der Waals surface area contributed by atoms with Crippen LogP contribution in [-0.4, -0.2) is 30.7 Å². The Morgan fingerprint density at radius 1 is 1.33 bits per heavy atom. The molecule has 18 heavy (non-hydrogen) atoms. The number of carbonyl (C=O) groups is 1. The average Bonchev–Trinajstić information content (AvgIpc) is 2.40. The zero-order valence-corrected chi connectivity index (χ0v) is 11.4. The first-order chi connectivity index (χ1) is 8.65. The van der Waals surface area contributed by atoms with Crippen molar-refractivity contribution in [1.29, 1.82) is 0 Å². The molecule has 1 heterocycles. The van der Waals surface area contributed by atoms with E-state index in [0.717, 1.165) is 12.8 Å². The summed E-state index contributed by atoms with van der Waals surface area (Å²) >= 11 is 0. The van der Waals surface area contributed by atoms with Gasteiger partial charge < -0.3 is 15.8 Å². The first-order valence-corrected chi connectivity index (χ1v) is 7.33. The Hall–Kier alpha value is -0.610. The molecule has 1 aliphatic heterocycles. The lowest BCUT2D eigenvalue weighted by Crippen LogP contribution is -2.59. The zero-order valence-electron chi connectivity index (χ0n) is 11.4. The van der Waals surface area contributed by atoms with Crippen LogP contribution in [0.15, 0.2) is 0 Å². The molecule has 1 amide bonds. The van der Waals surface area contributed by atoms with Crippen LogP contribution in [0.4, 0.5) is 0 Å². The van der Waals surface area contributed by atoms with Gasteiger partial charge >= 0.3 is 0 Å². The summed E-state index contributed by atoms with van der Waals surface area (Å²) < 4.78 is 5.29. The Morgan fingerprint density at radius 3 is 2.67 bits per heavy atom. The van der Waals surface area contributed by atoms with E-state index in [-0.39, 0.29) is 5.91 Å². The maximum atomic E-state index is 12.4. The van der Waals surface area contributed by atoms with Crippen molar-refractivity contribution in [1.82, 2.24) is 5.32 Å². The third kappa shape index (κ3) is 3.04. The van der Waals surface area contributed by atoms with E-state index < -0.39 is 5.54 Å². The molecule has 0 aromatic heterocycles. The number of hydrogen-bond acceptors (Lipinski definition) is 3. The molecule has 1 saturated carbocycles. The van der Waals surface area contributed by atoms with Gasteiger partial charge in [0.15, 0.2) is 0 Å². The predicted molar refractivity (Wildman–Crippen MR) is 71.2 cm³/mol.